The van der Waals surface area contributed by atoms with Crippen molar-refractivity contribution in [3.8, 4) is 11.3 Å². The van der Waals surface area contributed by atoms with Crippen LogP contribution in [0.25, 0.3) is 16.9 Å². The van der Waals surface area contributed by atoms with Crippen molar-refractivity contribution in [2.24, 2.45) is 10.7 Å². The third-order valence-corrected chi connectivity index (χ3v) is 5.48. The number of anilines is 3. The summed E-state index contributed by atoms with van der Waals surface area (Å²) in [5.74, 6) is -1.31. The van der Waals surface area contributed by atoms with Gasteiger partial charge in [0, 0.05) is 49.0 Å². The summed E-state index contributed by atoms with van der Waals surface area (Å²) in [6, 6.07) is 9.79. The predicted molar refractivity (Wildman–Crippen MR) is 157 cm³/mol. The summed E-state index contributed by atoms with van der Waals surface area (Å²) in [5.41, 5.74) is 8.46. The average Bonchev–Trinajstić information content (AvgIpc) is 3.38. The lowest BCUT2D eigenvalue weighted by atomic mass is 10.1. The number of benzene rings is 2. The SMILES string of the molecule is CCC.CNc1ccc(-c2cnc3c(Nc4ccc(C(=O)NC/C(C)=C/N=C(C)N)cc4)nccn23)c(F)c1F. The first-order valence-corrected chi connectivity index (χ1v) is 12.8. The molecule has 2 heterocycles. The molecule has 210 valence electrons. The molecule has 0 aliphatic heterocycles. The first-order valence-electron chi connectivity index (χ1n) is 12.8. The normalized spacial score (nSPS) is 11.6. The summed E-state index contributed by atoms with van der Waals surface area (Å²) in [5, 5.41) is 8.61. The predicted octanol–water partition coefficient (Wildman–Crippen LogP) is 5.89. The van der Waals surface area contributed by atoms with Crippen molar-refractivity contribution in [3.63, 3.8) is 0 Å². The first-order chi connectivity index (χ1) is 19.2. The van der Waals surface area contributed by atoms with Crippen LogP contribution in [0, 0.1) is 11.6 Å². The van der Waals surface area contributed by atoms with E-state index in [1.807, 2.05) is 6.92 Å². The Morgan fingerprint density at radius 1 is 1.07 bits per heavy atom. The number of rotatable bonds is 8. The largest absolute Gasteiger partial charge is 0.387 e. The zero-order valence-corrected chi connectivity index (χ0v) is 23.2. The smallest absolute Gasteiger partial charge is 0.251 e. The average molecular weight is 549 g/mol. The van der Waals surface area contributed by atoms with Crippen LogP contribution in [-0.4, -0.2) is 39.7 Å². The Balaban J connectivity index is 0.00000141. The highest BCUT2D eigenvalue weighted by Crippen LogP contribution is 2.30. The number of halogens is 2. The van der Waals surface area contributed by atoms with Gasteiger partial charge >= 0.3 is 0 Å². The number of aromatic nitrogens is 3. The topological polar surface area (TPSA) is 122 Å². The Morgan fingerprint density at radius 3 is 2.42 bits per heavy atom. The minimum Gasteiger partial charge on any atom is -0.387 e. The van der Waals surface area contributed by atoms with Crippen molar-refractivity contribution >= 4 is 34.6 Å². The van der Waals surface area contributed by atoms with E-state index >= 15 is 0 Å². The van der Waals surface area contributed by atoms with E-state index < -0.39 is 11.6 Å². The maximum Gasteiger partial charge on any atom is 0.251 e. The molecule has 0 bridgehead atoms. The highest BCUT2D eigenvalue weighted by atomic mass is 19.2. The minimum absolute atomic E-state index is 0.0682. The maximum atomic E-state index is 14.7. The van der Waals surface area contributed by atoms with E-state index in [9.17, 15) is 13.6 Å². The van der Waals surface area contributed by atoms with Crippen LogP contribution in [0.5, 0.6) is 0 Å². The summed E-state index contributed by atoms with van der Waals surface area (Å²) >= 11 is 0. The molecule has 0 fully saturated rings. The summed E-state index contributed by atoms with van der Waals surface area (Å²) < 4.78 is 30.7. The highest BCUT2D eigenvalue weighted by molar-refractivity contribution is 5.94. The monoisotopic (exact) mass is 548 g/mol. The van der Waals surface area contributed by atoms with Crippen molar-refractivity contribution in [1.82, 2.24) is 19.7 Å². The molecule has 1 amide bonds. The third-order valence-electron chi connectivity index (χ3n) is 5.48. The lowest BCUT2D eigenvalue weighted by Crippen LogP contribution is -2.25. The van der Waals surface area contributed by atoms with Gasteiger partial charge in [-0.2, -0.15) is 0 Å². The van der Waals surface area contributed by atoms with E-state index in [2.05, 4.69) is 44.8 Å². The second kappa shape index (κ2) is 13.8. The van der Waals surface area contributed by atoms with E-state index in [0.717, 1.165) is 5.57 Å². The number of fused-ring (bicyclic) bond motifs is 1. The number of nitrogens with one attached hydrogen (secondary N) is 3. The molecule has 0 saturated heterocycles. The van der Waals surface area contributed by atoms with Gasteiger partial charge in [0.15, 0.2) is 23.1 Å². The lowest BCUT2D eigenvalue weighted by Gasteiger charge is -2.10. The van der Waals surface area contributed by atoms with Gasteiger partial charge in [0.1, 0.15) is 0 Å². The molecule has 2 aromatic heterocycles. The van der Waals surface area contributed by atoms with Crippen molar-refractivity contribution in [2.45, 2.75) is 34.1 Å². The Labute approximate surface area is 232 Å². The van der Waals surface area contributed by atoms with Crippen molar-refractivity contribution in [2.75, 3.05) is 24.2 Å². The van der Waals surface area contributed by atoms with Gasteiger partial charge in [-0.1, -0.05) is 20.3 Å². The summed E-state index contributed by atoms with van der Waals surface area (Å²) in [6.45, 7) is 8.12. The number of hydrogen-bond acceptors (Lipinski definition) is 6. The standard InChI is InChI=1S/C26H26F2N8O.C3H8/c1-15(12-32-16(2)29)13-34-26(37)17-4-6-18(7-5-17)35-24-25-33-14-21(36(25)11-10-31-24)19-8-9-20(30-3)23(28)22(19)27;1-3-2/h4-12,14,30H,13H2,1-3H3,(H2,29,32)(H,31,35)(H,34,37);3H2,1-2H3/b15-12+;. The van der Waals surface area contributed by atoms with Gasteiger partial charge in [-0.05, 0) is 55.8 Å². The zero-order valence-electron chi connectivity index (χ0n) is 23.2. The van der Waals surface area contributed by atoms with E-state index in [0.29, 0.717) is 40.8 Å². The maximum absolute atomic E-state index is 14.7. The molecule has 4 aromatic rings. The van der Waals surface area contributed by atoms with Crippen molar-refractivity contribution in [3.05, 3.63) is 84.0 Å². The fourth-order valence-electron chi connectivity index (χ4n) is 3.57. The zero-order chi connectivity index (χ0) is 29.2. The Morgan fingerprint density at radius 2 is 1.77 bits per heavy atom. The Kier molecular flexibility index (Phi) is 10.3. The van der Waals surface area contributed by atoms with E-state index in [1.54, 1.807) is 48.0 Å². The third kappa shape index (κ3) is 7.19. The van der Waals surface area contributed by atoms with Crippen LogP contribution >= 0.6 is 0 Å². The minimum atomic E-state index is -0.971. The number of amides is 1. The van der Waals surface area contributed by atoms with Gasteiger partial charge in [0.2, 0.25) is 0 Å². The van der Waals surface area contributed by atoms with Gasteiger partial charge in [0.05, 0.1) is 23.4 Å². The number of carbonyl (C=O) groups excluding carboxylic acids is 1. The van der Waals surface area contributed by atoms with Gasteiger partial charge in [-0.15, -0.1) is 0 Å². The molecule has 0 radical (unpaired) electrons. The number of aliphatic imine (C=N–C) groups is 1. The molecule has 4 rings (SSSR count). The van der Waals surface area contributed by atoms with Crippen LogP contribution in [-0.2, 0) is 0 Å². The highest BCUT2D eigenvalue weighted by Gasteiger charge is 2.18. The van der Waals surface area contributed by atoms with Gasteiger partial charge in [-0.25, -0.2) is 23.7 Å². The van der Waals surface area contributed by atoms with Crippen molar-refractivity contribution in [1.29, 1.82) is 0 Å². The molecule has 0 spiro atoms. The van der Waals surface area contributed by atoms with E-state index in [4.69, 9.17) is 5.73 Å². The number of carbonyl (C=O) groups is 1. The second-order valence-corrected chi connectivity index (χ2v) is 8.99. The quantitative estimate of drug-likeness (QED) is 0.161. The molecule has 40 heavy (non-hydrogen) atoms. The van der Waals surface area contributed by atoms with E-state index in [1.165, 1.54) is 38.0 Å². The van der Waals surface area contributed by atoms with Crippen LogP contribution in [0.1, 0.15) is 44.5 Å². The molecule has 0 unspecified atom stereocenters. The van der Waals surface area contributed by atoms with Crippen LogP contribution in [0.15, 0.2) is 71.8 Å². The van der Waals surface area contributed by atoms with Crippen LogP contribution in [0.4, 0.5) is 26.0 Å². The molecular formula is C29H34F2N8O. The molecule has 0 saturated carbocycles. The molecule has 2 aromatic carbocycles. The van der Waals surface area contributed by atoms with Crippen molar-refractivity contribution < 1.29 is 13.6 Å². The van der Waals surface area contributed by atoms with Gasteiger partial charge in [0.25, 0.3) is 5.91 Å². The van der Waals surface area contributed by atoms with Crippen LogP contribution < -0.4 is 21.7 Å². The summed E-state index contributed by atoms with van der Waals surface area (Å²) in [4.78, 5) is 25.2. The molecule has 11 heteroatoms. The fraction of sp³-hybridized carbons (Fsp3) is 0.241. The van der Waals surface area contributed by atoms with Crippen LogP contribution in [0.2, 0.25) is 0 Å². The number of amidine groups is 1. The molecule has 0 aliphatic carbocycles. The second-order valence-electron chi connectivity index (χ2n) is 8.99. The fourth-order valence-corrected chi connectivity index (χ4v) is 3.57. The Bertz CT molecular complexity index is 1520. The lowest BCUT2D eigenvalue weighted by molar-refractivity contribution is 0.0957. The van der Waals surface area contributed by atoms with Gasteiger partial charge < -0.3 is 21.7 Å². The Hall–Kier alpha value is -4.80. The van der Waals surface area contributed by atoms with E-state index in [-0.39, 0.29) is 17.2 Å². The molecule has 0 atom stereocenters. The number of hydrogen-bond donors (Lipinski definition) is 4. The number of imidazole rings is 1. The molecule has 0 aliphatic rings. The number of nitrogens with zero attached hydrogens (tertiary/aromatic N) is 4. The summed E-state index contributed by atoms with van der Waals surface area (Å²) in [7, 11) is 1.52. The number of nitrogens with two attached hydrogens (primary N) is 1. The molecule has 5 N–H and O–H groups in total. The van der Waals surface area contributed by atoms with Gasteiger partial charge in [-0.3, -0.25) is 9.20 Å². The molecular weight excluding hydrogens is 514 g/mol. The van der Waals surface area contributed by atoms with Crippen LogP contribution in [0.3, 0.4) is 0 Å². The molecule has 9 nitrogen and oxygen atoms in total. The first kappa shape index (κ1) is 29.8. The summed E-state index contributed by atoms with van der Waals surface area (Å²) in [6.07, 6.45) is 7.48.